The van der Waals surface area contributed by atoms with Crippen LogP contribution in [0.5, 0.6) is 0 Å². The maximum atomic E-state index is 9.88. The first kappa shape index (κ1) is 13.1. The molecule has 0 saturated heterocycles. The van der Waals surface area contributed by atoms with E-state index in [9.17, 15) is 5.11 Å². The molecule has 0 aromatic carbocycles. The summed E-state index contributed by atoms with van der Waals surface area (Å²) in [7, 11) is 0. The monoisotopic (exact) mass is 263 g/mol. The summed E-state index contributed by atoms with van der Waals surface area (Å²) in [5.41, 5.74) is 1.21. The van der Waals surface area contributed by atoms with E-state index >= 15 is 0 Å². The van der Waals surface area contributed by atoms with Crippen molar-refractivity contribution in [3.05, 3.63) is 18.0 Å². The average molecular weight is 263 g/mol. The third-order valence-corrected chi connectivity index (χ3v) is 4.78. The highest BCUT2D eigenvalue weighted by Gasteiger charge is 2.44. The Kier molecular flexibility index (Phi) is 3.63. The van der Waals surface area contributed by atoms with Crippen LogP contribution in [0.3, 0.4) is 0 Å². The molecular weight excluding hydrogens is 238 g/mol. The van der Waals surface area contributed by atoms with Gasteiger partial charge in [-0.15, -0.1) is 0 Å². The zero-order valence-corrected chi connectivity index (χ0v) is 11.8. The highest BCUT2D eigenvalue weighted by Crippen LogP contribution is 2.40. The molecule has 4 nitrogen and oxygen atoms in total. The van der Waals surface area contributed by atoms with Gasteiger partial charge < -0.3 is 10.4 Å². The Labute approximate surface area is 115 Å². The maximum absolute atomic E-state index is 9.88. The van der Waals surface area contributed by atoms with Crippen molar-refractivity contribution in [3.63, 3.8) is 0 Å². The molecule has 2 aliphatic carbocycles. The Morgan fingerprint density at radius 3 is 2.95 bits per heavy atom. The number of aromatic nitrogens is 2. The highest BCUT2D eigenvalue weighted by molar-refractivity contribution is 5.03. The summed E-state index contributed by atoms with van der Waals surface area (Å²) >= 11 is 0. The summed E-state index contributed by atoms with van der Waals surface area (Å²) in [6.45, 7) is 3.32. The van der Waals surface area contributed by atoms with Crippen LogP contribution in [-0.2, 0) is 6.54 Å². The van der Waals surface area contributed by atoms with Crippen molar-refractivity contribution in [2.24, 2.45) is 5.92 Å². The topological polar surface area (TPSA) is 50.1 Å². The van der Waals surface area contributed by atoms with Crippen molar-refractivity contribution >= 4 is 0 Å². The van der Waals surface area contributed by atoms with E-state index in [-0.39, 0.29) is 12.1 Å². The molecular formula is C15H25N3O. The summed E-state index contributed by atoms with van der Waals surface area (Å²) in [5, 5.41) is 18.0. The average Bonchev–Trinajstić information content (AvgIpc) is 2.97. The molecule has 2 saturated carbocycles. The lowest BCUT2D eigenvalue weighted by molar-refractivity contribution is 0.114. The van der Waals surface area contributed by atoms with Crippen LogP contribution in [-0.4, -0.2) is 33.1 Å². The largest absolute Gasteiger partial charge is 0.394 e. The minimum Gasteiger partial charge on any atom is -0.394 e. The van der Waals surface area contributed by atoms with Gasteiger partial charge in [-0.1, -0.05) is 6.42 Å². The number of rotatable bonds is 6. The second kappa shape index (κ2) is 5.25. The van der Waals surface area contributed by atoms with E-state index in [0.29, 0.717) is 12.0 Å². The van der Waals surface area contributed by atoms with Gasteiger partial charge in [-0.2, -0.15) is 5.10 Å². The van der Waals surface area contributed by atoms with Gasteiger partial charge in [-0.3, -0.25) is 4.68 Å². The number of aryl methyl sites for hydroxylation is 2. The minimum atomic E-state index is -0.0106. The summed E-state index contributed by atoms with van der Waals surface area (Å²) < 4.78 is 2.03. The summed E-state index contributed by atoms with van der Waals surface area (Å²) in [5.74, 6) is 0.586. The third kappa shape index (κ3) is 2.84. The van der Waals surface area contributed by atoms with E-state index in [1.54, 1.807) is 0 Å². The van der Waals surface area contributed by atoms with Crippen LogP contribution in [0.15, 0.2) is 12.4 Å². The molecule has 1 heterocycles. The van der Waals surface area contributed by atoms with Crippen LogP contribution < -0.4 is 5.32 Å². The fraction of sp³-hybridized carbons (Fsp3) is 0.800. The Bertz CT molecular complexity index is 427. The van der Waals surface area contributed by atoms with Crippen LogP contribution in [0.2, 0.25) is 0 Å². The highest BCUT2D eigenvalue weighted by atomic mass is 16.3. The Balaban J connectivity index is 1.61. The zero-order chi connectivity index (χ0) is 13.3. The van der Waals surface area contributed by atoms with Crippen LogP contribution in [0.25, 0.3) is 0 Å². The van der Waals surface area contributed by atoms with E-state index in [0.717, 1.165) is 19.4 Å². The van der Waals surface area contributed by atoms with Crippen molar-refractivity contribution in [1.82, 2.24) is 15.1 Å². The zero-order valence-electron chi connectivity index (χ0n) is 11.8. The van der Waals surface area contributed by atoms with Crippen molar-refractivity contribution < 1.29 is 5.11 Å². The molecule has 0 aliphatic heterocycles. The van der Waals surface area contributed by atoms with Gasteiger partial charge in [0.2, 0.25) is 0 Å². The lowest BCUT2D eigenvalue weighted by Gasteiger charge is -2.35. The normalized spacial score (nSPS) is 30.9. The second-order valence-electron chi connectivity index (χ2n) is 6.39. The van der Waals surface area contributed by atoms with Gasteiger partial charge in [-0.05, 0) is 50.5 Å². The third-order valence-electron chi connectivity index (χ3n) is 4.78. The minimum absolute atomic E-state index is 0.0106. The molecule has 0 radical (unpaired) electrons. The maximum Gasteiger partial charge on any atom is 0.0616 e. The molecule has 2 fully saturated rings. The van der Waals surface area contributed by atoms with E-state index in [1.807, 2.05) is 10.9 Å². The molecule has 1 aromatic rings. The van der Waals surface area contributed by atoms with Crippen molar-refractivity contribution in [3.8, 4) is 0 Å². The fourth-order valence-corrected chi connectivity index (χ4v) is 3.52. The number of aliphatic hydroxyl groups excluding tert-OH is 1. The Hall–Kier alpha value is -0.870. The molecule has 2 aliphatic rings. The summed E-state index contributed by atoms with van der Waals surface area (Å²) in [4.78, 5) is 0. The molecule has 2 unspecified atom stereocenters. The SMILES string of the molecule is Cc1cnn(CCC2CCCC2(CO)NC2CC2)c1. The number of hydrogen-bond acceptors (Lipinski definition) is 3. The summed E-state index contributed by atoms with van der Waals surface area (Å²) in [6, 6.07) is 0.666. The molecule has 0 bridgehead atoms. The van der Waals surface area contributed by atoms with E-state index in [4.69, 9.17) is 0 Å². The lowest BCUT2D eigenvalue weighted by Crippen LogP contribution is -2.52. The Morgan fingerprint density at radius 1 is 1.47 bits per heavy atom. The lowest BCUT2D eigenvalue weighted by atomic mass is 9.85. The molecule has 2 N–H and O–H groups in total. The summed E-state index contributed by atoms with van der Waals surface area (Å²) in [6.07, 6.45) is 11.3. The van der Waals surface area contributed by atoms with Crippen LogP contribution >= 0.6 is 0 Å². The number of aliphatic hydroxyl groups is 1. The molecule has 3 rings (SSSR count). The number of nitrogens with one attached hydrogen (secondary N) is 1. The van der Waals surface area contributed by atoms with Crippen LogP contribution in [0.4, 0.5) is 0 Å². The first-order valence-electron chi connectivity index (χ1n) is 7.59. The quantitative estimate of drug-likeness (QED) is 0.823. The number of hydrogen-bond donors (Lipinski definition) is 2. The molecule has 19 heavy (non-hydrogen) atoms. The van der Waals surface area contributed by atoms with Gasteiger partial charge in [0, 0.05) is 24.3 Å². The van der Waals surface area contributed by atoms with Crippen LogP contribution in [0.1, 0.15) is 44.1 Å². The standard InChI is InChI=1S/C15H25N3O/c1-12-9-16-18(10-12)8-6-13-3-2-7-15(13,11-19)17-14-4-5-14/h9-10,13-14,17,19H,2-8,11H2,1H3. The van der Waals surface area contributed by atoms with Gasteiger partial charge in [0.25, 0.3) is 0 Å². The predicted octanol–water partition coefficient (Wildman–Crippen LogP) is 1.86. The fourth-order valence-electron chi connectivity index (χ4n) is 3.52. The van der Waals surface area contributed by atoms with Gasteiger partial charge in [0.1, 0.15) is 0 Å². The molecule has 106 valence electrons. The Morgan fingerprint density at radius 2 is 2.32 bits per heavy atom. The number of nitrogens with zero attached hydrogens (tertiary/aromatic N) is 2. The molecule has 0 amide bonds. The van der Waals surface area contributed by atoms with Crippen molar-refractivity contribution in [1.29, 1.82) is 0 Å². The van der Waals surface area contributed by atoms with Crippen molar-refractivity contribution in [2.75, 3.05) is 6.61 Å². The van der Waals surface area contributed by atoms with Crippen LogP contribution in [0, 0.1) is 12.8 Å². The molecule has 4 heteroatoms. The first-order valence-corrected chi connectivity index (χ1v) is 7.59. The predicted molar refractivity (Wildman–Crippen MR) is 74.9 cm³/mol. The van der Waals surface area contributed by atoms with Gasteiger partial charge in [0.15, 0.2) is 0 Å². The van der Waals surface area contributed by atoms with E-state index in [2.05, 4.69) is 23.5 Å². The molecule has 0 spiro atoms. The molecule has 2 atom stereocenters. The van der Waals surface area contributed by atoms with Gasteiger partial charge in [-0.25, -0.2) is 0 Å². The molecule has 1 aromatic heterocycles. The smallest absolute Gasteiger partial charge is 0.0616 e. The van der Waals surface area contributed by atoms with Gasteiger partial charge >= 0.3 is 0 Å². The second-order valence-corrected chi connectivity index (χ2v) is 6.39. The van der Waals surface area contributed by atoms with Gasteiger partial charge in [0.05, 0.1) is 12.8 Å². The first-order chi connectivity index (χ1) is 9.22. The van der Waals surface area contributed by atoms with E-state index < -0.39 is 0 Å². The van der Waals surface area contributed by atoms with E-state index in [1.165, 1.54) is 31.2 Å². The van der Waals surface area contributed by atoms with Crippen molar-refractivity contribution in [2.45, 2.75) is 63.6 Å².